The largest absolute Gasteiger partial charge is 0.383 e. The van der Waals surface area contributed by atoms with E-state index in [4.69, 9.17) is 4.74 Å². The number of rotatable bonds is 7. The molecule has 0 radical (unpaired) electrons. The van der Waals surface area contributed by atoms with Gasteiger partial charge in [0.2, 0.25) is 0 Å². The Morgan fingerprint density at radius 3 is 3.00 bits per heavy atom. The summed E-state index contributed by atoms with van der Waals surface area (Å²) >= 11 is 0. The lowest BCUT2D eigenvalue weighted by Gasteiger charge is -2.25. The van der Waals surface area contributed by atoms with Crippen LogP contribution in [0.3, 0.4) is 0 Å². The normalized spacial score (nSPS) is 20.0. The summed E-state index contributed by atoms with van der Waals surface area (Å²) in [7, 11) is 1.75. The molecular formula is C16H26N2O. The Hall–Kier alpha value is -0.900. The molecule has 19 heavy (non-hydrogen) atoms. The maximum atomic E-state index is 5.07. The molecule has 0 saturated carbocycles. The highest BCUT2D eigenvalue weighted by atomic mass is 16.5. The van der Waals surface area contributed by atoms with Crippen molar-refractivity contribution in [2.45, 2.75) is 32.4 Å². The Morgan fingerprint density at radius 2 is 2.21 bits per heavy atom. The van der Waals surface area contributed by atoms with Crippen LogP contribution in [0.5, 0.6) is 0 Å². The minimum absolute atomic E-state index is 0.677. The third-order valence-corrected chi connectivity index (χ3v) is 4.00. The van der Waals surface area contributed by atoms with Crippen molar-refractivity contribution in [3.8, 4) is 0 Å². The van der Waals surface area contributed by atoms with Crippen molar-refractivity contribution in [2.75, 3.05) is 33.4 Å². The molecule has 1 heterocycles. The van der Waals surface area contributed by atoms with Gasteiger partial charge in [0.05, 0.1) is 6.61 Å². The second kappa shape index (κ2) is 7.63. The number of nitrogens with one attached hydrogen (secondary N) is 1. The first-order chi connectivity index (χ1) is 9.31. The molecule has 1 N–H and O–H groups in total. The molecule has 0 spiro atoms. The second-order valence-corrected chi connectivity index (χ2v) is 5.39. The lowest BCUT2D eigenvalue weighted by Crippen LogP contribution is -2.38. The quantitative estimate of drug-likeness (QED) is 0.762. The average molecular weight is 262 g/mol. The fourth-order valence-corrected chi connectivity index (χ4v) is 2.78. The number of nitrogens with zero attached hydrogens (tertiary/aromatic N) is 1. The molecule has 3 nitrogen and oxygen atoms in total. The number of likely N-dealkylation sites (tertiary alicyclic amines) is 1. The molecule has 0 aromatic heterocycles. The predicted octanol–water partition coefficient (Wildman–Crippen LogP) is 2.20. The van der Waals surface area contributed by atoms with Gasteiger partial charge in [0.25, 0.3) is 0 Å². The molecule has 2 rings (SSSR count). The van der Waals surface area contributed by atoms with E-state index in [-0.39, 0.29) is 0 Å². The summed E-state index contributed by atoms with van der Waals surface area (Å²) < 4.78 is 5.07. The maximum Gasteiger partial charge on any atom is 0.0587 e. The molecule has 1 atom stereocenters. The number of methoxy groups -OCH3 is 1. The molecule has 0 aliphatic carbocycles. The molecule has 1 saturated heterocycles. The topological polar surface area (TPSA) is 24.5 Å². The van der Waals surface area contributed by atoms with Crippen LogP contribution in [0.2, 0.25) is 0 Å². The number of hydrogen-bond acceptors (Lipinski definition) is 3. The number of ether oxygens (including phenoxy) is 1. The Labute approximate surface area is 116 Å². The minimum atomic E-state index is 0.677. The van der Waals surface area contributed by atoms with Gasteiger partial charge in [-0.05, 0) is 37.4 Å². The van der Waals surface area contributed by atoms with Gasteiger partial charge >= 0.3 is 0 Å². The summed E-state index contributed by atoms with van der Waals surface area (Å²) in [6.45, 7) is 7.34. The van der Waals surface area contributed by atoms with Crippen LogP contribution in [-0.2, 0) is 11.3 Å². The van der Waals surface area contributed by atoms with Crippen molar-refractivity contribution in [1.29, 1.82) is 0 Å². The first-order valence-corrected chi connectivity index (χ1v) is 7.29. The highest BCUT2D eigenvalue weighted by Crippen LogP contribution is 2.20. The smallest absolute Gasteiger partial charge is 0.0587 e. The summed E-state index contributed by atoms with van der Waals surface area (Å²) in [5, 5.41) is 3.49. The van der Waals surface area contributed by atoms with E-state index in [9.17, 15) is 0 Å². The number of hydrogen-bond donors (Lipinski definition) is 1. The van der Waals surface area contributed by atoms with Gasteiger partial charge in [0, 0.05) is 32.8 Å². The van der Waals surface area contributed by atoms with Crippen LogP contribution in [0.4, 0.5) is 0 Å². The van der Waals surface area contributed by atoms with Crippen LogP contribution >= 0.6 is 0 Å². The van der Waals surface area contributed by atoms with Gasteiger partial charge in [-0.25, -0.2) is 0 Å². The maximum absolute atomic E-state index is 5.07. The molecule has 1 aromatic rings. The van der Waals surface area contributed by atoms with Crippen molar-refractivity contribution >= 4 is 0 Å². The van der Waals surface area contributed by atoms with E-state index >= 15 is 0 Å². The Bertz CT molecular complexity index is 381. The summed E-state index contributed by atoms with van der Waals surface area (Å²) in [6, 6.07) is 9.40. The minimum Gasteiger partial charge on any atom is -0.383 e. The van der Waals surface area contributed by atoms with Gasteiger partial charge in [-0.15, -0.1) is 0 Å². The van der Waals surface area contributed by atoms with Crippen LogP contribution in [0.1, 0.15) is 24.0 Å². The van der Waals surface area contributed by atoms with Crippen molar-refractivity contribution < 1.29 is 4.74 Å². The molecule has 1 fully saturated rings. The van der Waals surface area contributed by atoms with E-state index in [2.05, 4.69) is 41.4 Å². The second-order valence-electron chi connectivity index (χ2n) is 5.39. The van der Waals surface area contributed by atoms with E-state index in [0.29, 0.717) is 6.04 Å². The lowest BCUT2D eigenvalue weighted by molar-refractivity contribution is 0.191. The molecule has 0 bridgehead atoms. The molecule has 1 aromatic carbocycles. The number of aryl methyl sites for hydroxylation is 1. The van der Waals surface area contributed by atoms with Crippen molar-refractivity contribution in [1.82, 2.24) is 10.2 Å². The summed E-state index contributed by atoms with van der Waals surface area (Å²) in [5.41, 5.74) is 2.87. The van der Waals surface area contributed by atoms with Gasteiger partial charge in [0.15, 0.2) is 0 Å². The highest BCUT2D eigenvalue weighted by molar-refractivity contribution is 5.25. The fourth-order valence-electron chi connectivity index (χ4n) is 2.78. The molecule has 0 amide bonds. The Morgan fingerprint density at radius 1 is 1.37 bits per heavy atom. The monoisotopic (exact) mass is 262 g/mol. The van der Waals surface area contributed by atoms with Crippen LogP contribution in [0, 0.1) is 6.92 Å². The van der Waals surface area contributed by atoms with Gasteiger partial charge in [0.1, 0.15) is 0 Å². The molecule has 1 unspecified atom stereocenters. The van der Waals surface area contributed by atoms with E-state index in [0.717, 1.165) is 26.2 Å². The summed E-state index contributed by atoms with van der Waals surface area (Å²) in [6.07, 6.45) is 2.63. The van der Waals surface area contributed by atoms with Crippen molar-refractivity contribution in [3.63, 3.8) is 0 Å². The van der Waals surface area contributed by atoms with E-state index < -0.39 is 0 Å². The highest BCUT2D eigenvalue weighted by Gasteiger charge is 2.24. The zero-order valence-electron chi connectivity index (χ0n) is 12.2. The third-order valence-electron chi connectivity index (χ3n) is 4.00. The zero-order valence-corrected chi connectivity index (χ0v) is 12.2. The van der Waals surface area contributed by atoms with E-state index in [1.807, 2.05) is 0 Å². The van der Waals surface area contributed by atoms with Crippen LogP contribution in [0.15, 0.2) is 24.3 Å². The van der Waals surface area contributed by atoms with E-state index in [1.54, 1.807) is 7.11 Å². The zero-order chi connectivity index (χ0) is 13.5. The van der Waals surface area contributed by atoms with Crippen molar-refractivity contribution in [3.05, 3.63) is 35.4 Å². The first kappa shape index (κ1) is 14.5. The SMILES string of the molecule is COCCNCC1CCCN1Cc1ccccc1C. The van der Waals surface area contributed by atoms with Crippen LogP contribution in [-0.4, -0.2) is 44.3 Å². The Kier molecular flexibility index (Phi) is 5.83. The summed E-state index contributed by atoms with van der Waals surface area (Å²) in [4.78, 5) is 2.61. The predicted molar refractivity (Wildman–Crippen MR) is 79.4 cm³/mol. The van der Waals surface area contributed by atoms with Gasteiger partial charge in [-0.2, -0.15) is 0 Å². The average Bonchev–Trinajstić information content (AvgIpc) is 2.85. The first-order valence-electron chi connectivity index (χ1n) is 7.29. The fraction of sp³-hybridized carbons (Fsp3) is 0.625. The van der Waals surface area contributed by atoms with Gasteiger partial charge < -0.3 is 10.1 Å². The summed E-state index contributed by atoms with van der Waals surface area (Å²) in [5.74, 6) is 0. The third kappa shape index (κ3) is 4.30. The number of benzene rings is 1. The van der Waals surface area contributed by atoms with Crippen LogP contribution in [0.25, 0.3) is 0 Å². The molecule has 3 heteroatoms. The standard InChI is InChI=1S/C16H26N2O/c1-14-6-3-4-7-15(14)13-18-10-5-8-16(18)12-17-9-11-19-2/h3-4,6-7,16-17H,5,8-13H2,1-2H3. The van der Waals surface area contributed by atoms with Crippen LogP contribution < -0.4 is 5.32 Å². The molecular weight excluding hydrogens is 236 g/mol. The lowest BCUT2D eigenvalue weighted by atomic mass is 10.1. The van der Waals surface area contributed by atoms with E-state index in [1.165, 1.54) is 30.5 Å². The molecule has 1 aliphatic heterocycles. The van der Waals surface area contributed by atoms with Crippen molar-refractivity contribution in [2.24, 2.45) is 0 Å². The van der Waals surface area contributed by atoms with Gasteiger partial charge in [-0.3, -0.25) is 4.90 Å². The Balaban J connectivity index is 1.83. The van der Waals surface area contributed by atoms with Gasteiger partial charge in [-0.1, -0.05) is 24.3 Å². The molecule has 1 aliphatic rings. The molecule has 106 valence electrons.